The Bertz CT molecular complexity index is 1330. The molecule has 4 rings (SSSR count). The van der Waals surface area contributed by atoms with Gasteiger partial charge < -0.3 is 10.1 Å². The van der Waals surface area contributed by atoms with Crippen LogP contribution in [0.5, 0.6) is 0 Å². The van der Waals surface area contributed by atoms with E-state index < -0.39 is 26.0 Å². The normalized spacial score (nSPS) is 19.6. The second-order valence-electron chi connectivity index (χ2n) is 10.3. The van der Waals surface area contributed by atoms with Crippen LogP contribution in [-0.4, -0.2) is 70.2 Å². The molecule has 2 aliphatic heterocycles. The summed E-state index contributed by atoms with van der Waals surface area (Å²) in [6, 6.07) is 10.9. The summed E-state index contributed by atoms with van der Waals surface area (Å²) in [4.78, 5) is 13.0. The Balaban J connectivity index is 1.55. The number of amides is 1. The van der Waals surface area contributed by atoms with E-state index in [1.165, 1.54) is 28.6 Å². The van der Waals surface area contributed by atoms with Crippen LogP contribution >= 0.6 is 0 Å². The van der Waals surface area contributed by atoms with Gasteiger partial charge in [0.05, 0.1) is 22.4 Å². The SMILES string of the molecule is Cc1cccc(C)c1NC(=O)CN(CC1CCCO1)S(=O)(=O)c1ccc(S(=O)(=O)N2CCC(C)CC2)cc1. The molecule has 1 atom stereocenters. The highest BCUT2D eigenvalue weighted by molar-refractivity contribution is 7.89. The molecule has 38 heavy (non-hydrogen) atoms. The third-order valence-electron chi connectivity index (χ3n) is 7.34. The topological polar surface area (TPSA) is 113 Å². The van der Waals surface area contributed by atoms with Crippen LogP contribution in [-0.2, 0) is 29.6 Å². The van der Waals surface area contributed by atoms with Crippen molar-refractivity contribution in [3.8, 4) is 0 Å². The van der Waals surface area contributed by atoms with Crippen molar-refractivity contribution in [3.63, 3.8) is 0 Å². The van der Waals surface area contributed by atoms with E-state index in [1.54, 1.807) is 0 Å². The summed E-state index contributed by atoms with van der Waals surface area (Å²) in [6.07, 6.45) is 2.83. The van der Waals surface area contributed by atoms with Gasteiger partial charge in [-0.25, -0.2) is 16.8 Å². The lowest BCUT2D eigenvalue weighted by atomic mass is 10.0. The molecule has 0 bridgehead atoms. The van der Waals surface area contributed by atoms with Crippen molar-refractivity contribution in [2.24, 2.45) is 5.92 Å². The third kappa shape index (κ3) is 6.45. The molecule has 1 amide bonds. The fourth-order valence-corrected chi connectivity index (χ4v) is 7.82. The summed E-state index contributed by atoms with van der Waals surface area (Å²) in [7, 11) is -7.81. The first-order chi connectivity index (χ1) is 18.0. The molecule has 0 aromatic heterocycles. The molecule has 1 unspecified atom stereocenters. The van der Waals surface area contributed by atoms with Gasteiger partial charge in [-0.2, -0.15) is 8.61 Å². The largest absolute Gasteiger partial charge is 0.377 e. The zero-order chi connectivity index (χ0) is 27.5. The Kier molecular flexibility index (Phi) is 8.93. The number of aryl methyl sites for hydroxylation is 2. The highest BCUT2D eigenvalue weighted by atomic mass is 32.2. The zero-order valence-electron chi connectivity index (χ0n) is 22.2. The van der Waals surface area contributed by atoms with E-state index in [1.807, 2.05) is 32.0 Å². The molecule has 2 aliphatic rings. The highest BCUT2D eigenvalue weighted by Gasteiger charge is 2.32. The Labute approximate surface area is 226 Å². The lowest BCUT2D eigenvalue weighted by molar-refractivity contribution is -0.116. The lowest BCUT2D eigenvalue weighted by Gasteiger charge is -2.29. The van der Waals surface area contributed by atoms with Crippen LogP contribution in [0.15, 0.2) is 52.3 Å². The molecule has 0 saturated carbocycles. The number of piperidine rings is 1. The summed E-state index contributed by atoms with van der Waals surface area (Å²) in [5.74, 6) is 0.0261. The van der Waals surface area contributed by atoms with Crippen LogP contribution < -0.4 is 5.32 Å². The minimum Gasteiger partial charge on any atom is -0.377 e. The number of sulfonamides is 2. The second-order valence-corrected chi connectivity index (χ2v) is 14.2. The number of rotatable bonds is 9. The molecule has 11 heteroatoms. The van der Waals surface area contributed by atoms with Gasteiger partial charge in [-0.1, -0.05) is 25.1 Å². The molecule has 2 fully saturated rings. The molecule has 9 nitrogen and oxygen atoms in total. The number of nitrogens with one attached hydrogen (secondary N) is 1. The number of nitrogens with zero attached hydrogens (tertiary/aromatic N) is 2. The van der Waals surface area contributed by atoms with Gasteiger partial charge in [0.15, 0.2) is 0 Å². The van der Waals surface area contributed by atoms with Crippen molar-refractivity contribution < 1.29 is 26.4 Å². The Hall–Kier alpha value is -2.31. The van der Waals surface area contributed by atoms with Gasteiger partial charge in [0.1, 0.15) is 0 Å². The smallest absolute Gasteiger partial charge is 0.243 e. The van der Waals surface area contributed by atoms with Gasteiger partial charge in [-0.15, -0.1) is 0 Å². The average molecular weight is 564 g/mol. The summed E-state index contributed by atoms with van der Waals surface area (Å²) in [5, 5.41) is 2.86. The van der Waals surface area contributed by atoms with Gasteiger partial charge in [0, 0.05) is 31.9 Å². The van der Waals surface area contributed by atoms with E-state index in [4.69, 9.17) is 4.74 Å². The minimum absolute atomic E-state index is 0.0362. The maximum Gasteiger partial charge on any atom is 0.243 e. The van der Waals surface area contributed by atoms with Gasteiger partial charge in [-0.3, -0.25) is 4.79 Å². The number of carbonyl (C=O) groups excluding carboxylic acids is 1. The molecule has 2 saturated heterocycles. The first kappa shape index (κ1) is 28.7. The monoisotopic (exact) mass is 563 g/mol. The predicted octanol–water partition coefficient (Wildman–Crippen LogP) is 3.53. The quantitative estimate of drug-likeness (QED) is 0.500. The Morgan fingerprint density at radius 2 is 1.58 bits per heavy atom. The standard InChI is InChI=1S/C27H37N3O6S2/c1-20-13-15-29(16-14-20)37(32,33)24-9-11-25(12-10-24)38(34,35)30(18-23-8-5-17-36-23)19-26(31)28-27-21(2)6-4-7-22(27)3/h4,6-7,9-12,20,23H,5,8,13-19H2,1-3H3,(H,28,31). The van der Waals surface area contributed by atoms with Crippen molar-refractivity contribution in [1.82, 2.24) is 8.61 Å². The molecule has 208 valence electrons. The fourth-order valence-electron chi connectivity index (χ4n) is 4.92. The minimum atomic E-state index is -4.11. The van der Waals surface area contributed by atoms with Crippen molar-refractivity contribution in [2.75, 3.05) is 38.1 Å². The van der Waals surface area contributed by atoms with Gasteiger partial charge in [-0.05, 0) is 80.8 Å². The Morgan fingerprint density at radius 3 is 2.16 bits per heavy atom. The maximum absolute atomic E-state index is 13.7. The highest BCUT2D eigenvalue weighted by Crippen LogP contribution is 2.26. The molecule has 2 aromatic carbocycles. The van der Waals surface area contributed by atoms with E-state index in [0.717, 1.165) is 34.7 Å². The van der Waals surface area contributed by atoms with Crippen LogP contribution in [0.3, 0.4) is 0 Å². The van der Waals surface area contributed by atoms with Crippen molar-refractivity contribution in [1.29, 1.82) is 0 Å². The number of benzene rings is 2. The summed E-state index contributed by atoms with van der Waals surface area (Å²) >= 11 is 0. The number of para-hydroxylation sites is 1. The molecule has 0 radical (unpaired) electrons. The second kappa shape index (κ2) is 11.8. The van der Waals surface area contributed by atoms with E-state index in [-0.39, 0.29) is 29.0 Å². The molecular weight excluding hydrogens is 526 g/mol. The molecule has 2 aromatic rings. The lowest BCUT2D eigenvalue weighted by Crippen LogP contribution is -2.42. The van der Waals surface area contributed by atoms with Gasteiger partial charge in [0.2, 0.25) is 26.0 Å². The zero-order valence-corrected chi connectivity index (χ0v) is 23.9. The number of ether oxygens (including phenoxy) is 1. The summed E-state index contributed by atoms with van der Waals surface area (Å²) < 4.78 is 61.8. The van der Waals surface area contributed by atoms with Crippen LogP contribution in [0.1, 0.15) is 43.7 Å². The average Bonchev–Trinajstić information content (AvgIpc) is 3.39. The Morgan fingerprint density at radius 1 is 0.974 bits per heavy atom. The van der Waals surface area contributed by atoms with Crippen molar-refractivity contribution >= 4 is 31.6 Å². The van der Waals surface area contributed by atoms with Crippen molar-refractivity contribution in [2.45, 2.75) is 62.3 Å². The number of carbonyl (C=O) groups is 1. The van der Waals surface area contributed by atoms with E-state index in [9.17, 15) is 21.6 Å². The van der Waals surface area contributed by atoms with Crippen LogP contribution in [0.2, 0.25) is 0 Å². The fraction of sp³-hybridized carbons (Fsp3) is 0.519. The first-order valence-electron chi connectivity index (χ1n) is 13.1. The number of hydrogen-bond donors (Lipinski definition) is 1. The third-order valence-corrected chi connectivity index (χ3v) is 11.1. The molecule has 1 N–H and O–H groups in total. The van der Waals surface area contributed by atoms with Crippen LogP contribution in [0, 0.1) is 19.8 Å². The van der Waals surface area contributed by atoms with Crippen LogP contribution in [0.25, 0.3) is 0 Å². The molecule has 0 spiro atoms. The number of hydrogen-bond acceptors (Lipinski definition) is 6. The molecule has 2 heterocycles. The van der Waals surface area contributed by atoms with E-state index in [0.29, 0.717) is 37.7 Å². The molecular formula is C27H37N3O6S2. The van der Waals surface area contributed by atoms with E-state index in [2.05, 4.69) is 12.2 Å². The number of anilines is 1. The van der Waals surface area contributed by atoms with Crippen LogP contribution in [0.4, 0.5) is 5.69 Å². The first-order valence-corrected chi connectivity index (χ1v) is 15.9. The van der Waals surface area contributed by atoms with Crippen molar-refractivity contribution in [3.05, 3.63) is 53.6 Å². The summed E-state index contributed by atoms with van der Waals surface area (Å²) in [5.41, 5.74) is 2.42. The predicted molar refractivity (Wildman–Crippen MR) is 146 cm³/mol. The maximum atomic E-state index is 13.7. The molecule has 0 aliphatic carbocycles. The van der Waals surface area contributed by atoms with Gasteiger partial charge in [0.25, 0.3) is 0 Å². The van der Waals surface area contributed by atoms with E-state index >= 15 is 0 Å². The van der Waals surface area contributed by atoms with Gasteiger partial charge >= 0.3 is 0 Å². The summed E-state index contributed by atoms with van der Waals surface area (Å²) in [6.45, 7) is 6.97.